The van der Waals surface area contributed by atoms with Crippen molar-refractivity contribution in [1.82, 2.24) is 0 Å². The van der Waals surface area contributed by atoms with Gasteiger partial charge in [-0.3, -0.25) is 0 Å². The van der Waals surface area contributed by atoms with Crippen LogP contribution in [-0.4, -0.2) is 19.6 Å². The Morgan fingerprint density at radius 3 is 1.62 bits per heavy atom. The fourth-order valence-electron chi connectivity index (χ4n) is 3.38. The number of benzene rings is 3. The molecule has 3 aromatic carbocycles. The van der Waals surface area contributed by atoms with Crippen molar-refractivity contribution in [3.63, 3.8) is 0 Å². The fourth-order valence-corrected chi connectivity index (χ4v) is 3.38. The van der Waals surface area contributed by atoms with E-state index in [1.165, 1.54) is 38.9 Å². The molecule has 0 spiro atoms. The Labute approximate surface area is 190 Å². The summed E-state index contributed by atoms with van der Waals surface area (Å²) in [6, 6.07) is 23.9. The van der Waals surface area contributed by atoms with Crippen molar-refractivity contribution < 1.29 is 28.7 Å². The largest absolute Gasteiger partial charge is 0.692 e. The van der Waals surface area contributed by atoms with E-state index in [-0.39, 0.29) is 0 Å². The van der Waals surface area contributed by atoms with Gasteiger partial charge in [0, 0.05) is 15.7 Å². The first-order chi connectivity index (χ1) is 15.2. The normalized spacial score (nSPS) is 9.72. The fraction of sp³-hybridized carbons (Fsp3) is 0.217. The van der Waals surface area contributed by atoms with Crippen LogP contribution in [0.2, 0.25) is 0 Å². The summed E-state index contributed by atoms with van der Waals surface area (Å²) in [4.78, 5) is 28.5. The molecule has 3 aromatic rings. The summed E-state index contributed by atoms with van der Waals surface area (Å²) in [6.07, 6.45) is 2.09. The van der Waals surface area contributed by atoms with E-state index < -0.39 is 16.5 Å². The predicted molar refractivity (Wildman–Crippen MR) is 128 cm³/mol. The molecule has 0 radical (unpaired) electrons. The van der Waals surface area contributed by atoms with E-state index in [2.05, 4.69) is 80.6 Å². The molecule has 0 bridgehead atoms. The van der Waals surface area contributed by atoms with Crippen LogP contribution in [0.15, 0.2) is 66.7 Å². The number of rotatable bonds is 5. The molecule has 0 heterocycles. The number of hydrogen-bond acceptors (Lipinski definition) is 3. The highest BCUT2D eigenvalue weighted by Gasteiger charge is 2.10. The van der Waals surface area contributed by atoms with Gasteiger partial charge in [-0.1, -0.05) is 74.5 Å². The van der Waals surface area contributed by atoms with Crippen molar-refractivity contribution in [2.45, 2.75) is 33.2 Å². The van der Waals surface area contributed by atoms with E-state index in [0.29, 0.717) is 6.54 Å². The van der Waals surface area contributed by atoms with E-state index in [1.54, 1.807) is 0 Å². The quantitative estimate of drug-likeness (QED) is 0.331. The van der Waals surface area contributed by atoms with Gasteiger partial charge in [0.1, 0.15) is 0 Å². The third-order valence-electron chi connectivity index (χ3n) is 4.68. The predicted octanol–water partition coefficient (Wildman–Crippen LogP) is 4.86. The van der Waals surface area contributed by atoms with Gasteiger partial charge in [0.05, 0.1) is 0 Å². The second kappa shape index (κ2) is 14.7. The van der Waals surface area contributed by atoms with Crippen LogP contribution in [0.3, 0.4) is 0 Å². The summed E-state index contributed by atoms with van der Waals surface area (Å²) in [5.41, 5.74) is 15.1. The first-order valence-electron chi connectivity index (χ1n) is 9.94. The smallest absolute Gasteiger partial charge is 0.326 e. The second-order valence-electron chi connectivity index (χ2n) is 6.64. The molecule has 0 amide bonds. The molecular weight excluding hydrogens is 448 g/mol. The molecule has 7 nitrogen and oxygen atoms in total. The zero-order valence-corrected chi connectivity index (χ0v) is 19.8. The van der Waals surface area contributed by atoms with Crippen LogP contribution in [0, 0.1) is 0 Å². The summed E-state index contributed by atoms with van der Waals surface area (Å²) < 4.78 is 17.4. The molecule has 170 valence electrons. The molecule has 0 aliphatic heterocycles. The molecular formula is C23H29NO6P2+2. The first-order valence-corrected chi connectivity index (χ1v) is 12.3. The van der Waals surface area contributed by atoms with Crippen LogP contribution >= 0.6 is 16.5 Å². The van der Waals surface area contributed by atoms with Gasteiger partial charge in [0.2, 0.25) is 0 Å². The summed E-state index contributed by atoms with van der Waals surface area (Å²) in [6.45, 7) is 5.04. The standard InChI is InChI=1S/C23H25N.2HO3P/c1-3-18-14-17(16-24)15-23(22(18)4-2)21-12-10-20(11-13-21)19-8-6-5-7-9-19;2*1-4(2)3/h5-15H,3-4,16,24H2,1-2H3;2*(H-,1,2,3)/p+2. The maximum atomic E-state index is 8.70. The third-order valence-corrected chi connectivity index (χ3v) is 4.68. The maximum Gasteiger partial charge on any atom is 0.692 e. The van der Waals surface area contributed by atoms with Crippen LogP contribution in [0.1, 0.15) is 30.5 Å². The zero-order valence-electron chi connectivity index (χ0n) is 18.0. The van der Waals surface area contributed by atoms with Crippen molar-refractivity contribution in [2.75, 3.05) is 0 Å². The molecule has 32 heavy (non-hydrogen) atoms. The maximum absolute atomic E-state index is 8.70. The van der Waals surface area contributed by atoms with Gasteiger partial charge in [0.25, 0.3) is 0 Å². The summed E-state index contributed by atoms with van der Waals surface area (Å²) in [5.74, 6) is 0. The first kappa shape index (κ1) is 27.7. The van der Waals surface area contributed by atoms with Gasteiger partial charge in [-0.05, 0) is 57.9 Å². The van der Waals surface area contributed by atoms with Crippen LogP contribution in [-0.2, 0) is 28.5 Å². The zero-order chi connectivity index (χ0) is 24.1. The molecule has 0 saturated carbocycles. The van der Waals surface area contributed by atoms with Crippen LogP contribution in [0.5, 0.6) is 0 Å². The Balaban J connectivity index is 0.000000554. The van der Waals surface area contributed by atoms with E-state index in [4.69, 9.17) is 34.4 Å². The van der Waals surface area contributed by atoms with Crippen molar-refractivity contribution in [1.29, 1.82) is 0 Å². The lowest BCUT2D eigenvalue weighted by molar-refractivity contribution is 0.403. The number of hydrogen-bond donors (Lipinski definition) is 5. The van der Waals surface area contributed by atoms with Gasteiger partial charge in [-0.15, -0.1) is 19.6 Å². The lowest BCUT2D eigenvalue weighted by Crippen LogP contribution is -2.02. The third kappa shape index (κ3) is 9.43. The molecule has 0 atom stereocenters. The molecule has 0 aliphatic carbocycles. The average Bonchev–Trinajstić information content (AvgIpc) is 2.78. The Hall–Kier alpha value is -2.34. The van der Waals surface area contributed by atoms with E-state index >= 15 is 0 Å². The minimum atomic E-state index is -2.87. The highest BCUT2D eigenvalue weighted by molar-refractivity contribution is 7.31. The molecule has 9 heteroatoms. The molecule has 0 aliphatic rings. The lowest BCUT2D eigenvalue weighted by atomic mass is 9.89. The Bertz CT molecular complexity index is 991. The van der Waals surface area contributed by atoms with Gasteiger partial charge >= 0.3 is 16.5 Å². The van der Waals surface area contributed by atoms with Gasteiger partial charge < -0.3 is 5.73 Å². The van der Waals surface area contributed by atoms with Crippen LogP contribution < -0.4 is 5.73 Å². The Morgan fingerprint density at radius 2 is 1.19 bits per heavy atom. The topological polar surface area (TPSA) is 141 Å². The minimum absolute atomic E-state index is 0.589. The number of nitrogens with two attached hydrogens (primary N) is 1. The van der Waals surface area contributed by atoms with E-state index in [0.717, 1.165) is 12.8 Å². The molecule has 3 rings (SSSR count). The number of aryl methyl sites for hydroxylation is 1. The van der Waals surface area contributed by atoms with Crippen molar-refractivity contribution >= 4 is 16.5 Å². The highest BCUT2D eigenvalue weighted by Crippen LogP contribution is 2.31. The molecule has 0 fully saturated rings. The summed E-state index contributed by atoms with van der Waals surface area (Å²) in [5, 5.41) is 0. The van der Waals surface area contributed by atoms with E-state index in [9.17, 15) is 0 Å². The second-order valence-corrected chi connectivity index (χ2v) is 7.65. The monoisotopic (exact) mass is 477 g/mol. The van der Waals surface area contributed by atoms with Crippen molar-refractivity contribution in [3.8, 4) is 22.3 Å². The molecule has 6 N–H and O–H groups in total. The van der Waals surface area contributed by atoms with E-state index in [1.807, 2.05) is 0 Å². The molecule has 0 aromatic heterocycles. The average molecular weight is 477 g/mol. The summed E-state index contributed by atoms with van der Waals surface area (Å²) >= 11 is 0. The van der Waals surface area contributed by atoms with Gasteiger partial charge in [-0.2, -0.15) is 0 Å². The molecule has 0 saturated heterocycles. The SMILES string of the molecule is CCc1cc(CN)cc(-c2ccc(-c3ccccc3)cc2)c1CC.O=[P+](O)O.O=[P+](O)O. The van der Waals surface area contributed by atoms with Crippen LogP contribution in [0.4, 0.5) is 0 Å². The van der Waals surface area contributed by atoms with Crippen LogP contribution in [0.25, 0.3) is 22.3 Å². The molecule has 0 unspecified atom stereocenters. The Morgan fingerprint density at radius 1 is 0.719 bits per heavy atom. The minimum Gasteiger partial charge on any atom is -0.326 e. The van der Waals surface area contributed by atoms with Gasteiger partial charge in [0.15, 0.2) is 0 Å². The van der Waals surface area contributed by atoms with Crippen molar-refractivity contribution in [3.05, 3.63) is 83.4 Å². The summed E-state index contributed by atoms with van der Waals surface area (Å²) in [7, 11) is -5.74. The highest BCUT2D eigenvalue weighted by atomic mass is 31.1. The van der Waals surface area contributed by atoms with Crippen molar-refractivity contribution in [2.24, 2.45) is 5.73 Å². The van der Waals surface area contributed by atoms with Gasteiger partial charge in [-0.25, -0.2) is 0 Å². The lowest BCUT2D eigenvalue weighted by Gasteiger charge is -2.16. The Kier molecular flexibility index (Phi) is 12.7.